The third kappa shape index (κ3) is 2.75. The molecule has 0 saturated carbocycles. The standard InChI is InChI=1S/C16H17N2O.BrH/c1-13-15-8-5-9-17(15)10-11-18(13)12-16(19)14-6-3-2-4-7-14;/h2-9H,10-12H2,1H3;1H/q+1;/p-1. The van der Waals surface area contributed by atoms with Crippen molar-refractivity contribution in [1.29, 1.82) is 0 Å². The van der Waals surface area contributed by atoms with E-state index in [0.29, 0.717) is 6.54 Å². The van der Waals surface area contributed by atoms with Crippen LogP contribution in [0.4, 0.5) is 0 Å². The van der Waals surface area contributed by atoms with E-state index in [1.54, 1.807) is 0 Å². The molecule has 0 amide bonds. The Morgan fingerprint density at radius 1 is 1.20 bits per heavy atom. The van der Waals surface area contributed by atoms with Crippen LogP contribution >= 0.6 is 0 Å². The maximum absolute atomic E-state index is 12.2. The number of Topliss-reactive ketones (excluding diaryl/α,β-unsaturated/α-hetero) is 1. The molecule has 1 aromatic heterocycles. The highest BCUT2D eigenvalue weighted by Gasteiger charge is 2.23. The summed E-state index contributed by atoms with van der Waals surface area (Å²) in [6.45, 7) is 4.39. The van der Waals surface area contributed by atoms with Crippen LogP contribution in [0.15, 0.2) is 48.7 Å². The van der Waals surface area contributed by atoms with Crippen molar-refractivity contribution in [2.24, 2.45) is 0 Å². The van der Waals surface area contributed by atoms with E-state index in [2.05, 4.69) is 34.4 Å². The topological polar surface area (TPSA) is 25.0 Å². The number of aromatic nitrogens is 1. The van der Waals surface area contributed by atoms with E-state index in [1.807, 2.05) is 30.3 Å². The van der Waals surface area contributed by atoms with Gasteiger partial charge in [-0.2, -0.15) is 0 Å². The van der Waals surface area contributed by atoms with Crippen LogP contribution in [0.1, 0.15) is 23.0 Å². The Morgan fingerprint density at radius 3 is 2.70 bits per heavy atom. The number of hydrogen-bond donors (Lipinski definition) is 0. The number of hydrogen-bond acceptors (Lipinski definition) is 1. The zero-order chi connectivity index (χ0) is 13.2. The van der Waals surface area contributed by atoms with Gasteiger partial charge in [-0.15, -0.1) is 0 Å². The first-order valence-corrected chi connectivity index (χ1v) is 6.58. The third-order valence-corrected chi connectivity index (χ3v) is 3.72. The highest BCUT2D eigenvalue weighted by molar-refractivity contribution is 5.98. The summed E-state index contributed by atoms with van der Waals surface area (Å²) in [4.78, 5) is 12.2. The average Bonchev–Trinajstić information content (AvgIpc) is 2.92. The van der Waals surface area contributed by atoms with E-state index in [4.69, 9.17) is 0 Å². The van der Waals surface area contributed by atoms with Crippen LogP contribution in [-0.2, 0) is 6.54 Å². The quantitative estimate of drug-likeness (QED) is 0.534. The number of fused-ring (bicyclic) bond motifs is 1. The van der Waals surface area contributed by atoms with E-state index in [0.717, 1.165) is 18.7 Å². The van der Waals surface area contributed by atoms with E-state index in [1.165, 1.54) is 11.4 Å². The molecule has 0 fully saturated rings. The molecule has 0 N–H and O–H groups in total. The lowest BCUT2D eigenvalue weighted by atomic mass is 10.1. The summed E-state index contributed by atoms with van der Waals surface area (Å²) in [5.41, 5.74) is 3.18. The van der Waals surface area contributed by atoms with Crippen LogP contribution < -0.4 is 17.0 Å². The lowest BCUT2D eigenvalue weighted by Gasteiger charge is -2.15. The first kappa shape index (κ1) is 14.7. The van der Waals surface area contributed by atoms with Crippen molar-refractivity contribution in [2.45, 2.75) is 13.5 Å². The molecule has 1 aromatic carbocycles. The lowest BCUT2D eigenvalue weighted by Crippen LogP contribution is -3.00. The molecule has 1 aliphatic heterocycles. The van der Waals surface area contributed by atoms with Gasteiger partial charge < -0.3 is 21.5 Å². The summed E-state index contributed by atoms with van der Waals surface area (Å²) < 4.78 is 4.41. The fourth-order valence-electron chi connectivity index (χ4n) is 2.58. The predicted molar refractivity (Wildman–Crippen MR) is 75.0 cm³/mol. The Labute approximate surface area is 129 Å². The van der Waals surface area contributed by atoms with Crippen LogP contribution in [0.5, 0.6) is 0 Å². The van der Waals surface area contributed by atoms with E-state index in [-0.39, 0.29) is 22.8 Å². The van der Waals surface area contributed by atoms with Crippen molar-refractivity contribution in [2.75, 3.05) is 13.1 Å². The van der Waals surface area contributed by atoms with Crippen molar-refractivity contribution < 1.29 is 26.4 Å². The molecule has 1 aliphatic rings. The smallest absolute Gasteiger partial charge is 0.227 e. The van der Waals surface area contributed by atoms with Crippen molar-refractivity contribution in [3.05, 3.63) is 59.9 Å². The molecule has 2 heterocycles. The van der Waals surface area contributed by atoms with E-state index >= 15 is 0 Å². The molecule has 2 aromatic rings. The van der Waals surface area contributed by atoms with Crippen molar-refractivity contribution >= 4 is 11.5 Å². The summed E-state index contributed by atoms with van der Waals surface area (Å²) in [6.07, 6.45) is 2.09. The Morgan fingerprint density at radius 2 is 1.95 bits per heavy atom. The third-order valence-electron chi connectivity index (χ3n) is 3.72. The van der Waals surface area contributed by atoms with Gasteiger partial charge >= 0.3 is 0 Å². The molecule has 0 saturated heterocycles. The molecule has 0 radical (unpaired) electrons. The summed E-state index contributed by atoms with van der Waals surface area (Å²) in [7, 11) is 0. The largest absolute Gasteiger partial charge is 1.00 e. The van der Waals surface area contributed by atoms with Gasteiger partial charge in [-0.1, -0.05) is 30.3 Å². The highest BCUT2D eigenvalue weighted by Crippen LogP contribution is 2.10. The Bertz CT molecular complexity index is 644. The van der Waals surface area contributed by atoms with Gasteiger partial charge in [0.1, 0.15) is 5.69 Å². The fourth-order valence-corrected chi connectivity index (χ4v) is 2.58. The van der Waals surface area contributed by atoms with Gasteiger partial charge in [0.25, 0.3) is 0 Å². The molecule has 0 atom stereocenters. The van der Waals surface area contributed by atoms with Gasteiger partial charge in [-0.05, 0) is 12.1 Å². The van der Waals surface area contributed by atoms with Crippen LogP contribution in [0.3, 0.4) is 0 Å². The molecule has 20 heavy (non-hydrogen) atoms. The molecule has 0 unspecified atom stereocenters. The van der Waals surface area contributed by atoms with Gasteiger partial charge in [0.2, 0.25) is 12.3 Å². The van der Waals surface area contributed by atoms with Crippen molar-refractivity contribution in [1.82, 2.24) is 4.57 Å². The fraction of sp³-hybridized carbons (Fsp3) is 0.250. The predicted octanol–water partition coefficient (Wildman–Crippen LogP) is -0.790. The molecule has 104 valence electrons. The average molecular weight is 333 g/mol. The van der Waals surface area contributed by atoms with Crippen molar-refractivity contribution in [3.63, 3.8) is 0 Å². The summed E-state index contributed by atoms with van der Waals surface area (Å²) in [5.74, 6) is 0.181. The summed E-state index contributed by atoms with van der Waals surface area (Å²) in [5, 5.41) is 0. The second-order valence-corrected chi connectivity index (χ2v) is 4.88. The molecular weight excluding hydrogens is 316 g/mol. The molecule has 3 rings (SSSR count). The van der Waals surface area contributed by atoms with Gasteiger partial charge in [-0.25, -0.2) is 4.58 Å². The van der Waals surface area contributed by atoms with Gasteiger partial charge in [0, 0.05) is 18.7 Å². The summed E-state index contributed by atoms with van der Waals surface area (Å²) in [6, 6.07) is 13.7. The normalized spacial score (nSPS) is 13.7. The minimum Gasteiger partial charge on any atom is -1.00 e. The van der Waals surface area contributed by atoms with Crippen LogP contribution in [-0.4, -0.2) is 33.7 Å². The number of ketones is 1. The Hall–Kier alpha value is -1.68. The monoisotopic (exact) mass is 332 g/mol. The molecule has 4 heteroatoms. The number of benzene rings is 1. The second kappa shape index (κ2) is 6.18. The van der Waals surface area contributed by atoms with Gasteiger partial charge in [0.15, 0.2) is 12.3 Å². The zero-order valence-corrected chi connectivity index (χ0v) is 13.0. The number of carbonyl (C=O) groups excluding carboxylic acids is 1. The second-order valence-electron chi connectivity index (χ2n) is 4.88. The van der Waals surface area contributed by atoms with Crippen LogP contribution in [0.2, 0.25) is 0 Å². The molecule has 3 nitrogen and oxygen atoms in total. The van der Waals surface area contributed by atoms with E-state index in [9.17, 15) is 4.79 Å². The number of halogens is 1. The molecular formula is C16H17BrN2O. The van der Waals surface area contributed by atoms with E-state index < -0.39 is 0 Å². The first-order valence-electron chi connectivity index (χ1n) is 6.58. The van der Waals surface area contributed by atoms with Crippen molar-refractivity contribution in [3.8, 4) is 0 Å². The minimum absolute atomic E-state index is 0. The Kier molecular flexibility index (Phi) is 4.55. The van der Waals surface area contributed by atoms with Gasteiger partial charge in [0.05, 0.1) is 6.54 Å². The SMILES string of the molecule is CC1=[N+](CC(=O)c2ccccc2)CCn2cccc21.[Br-]. The minimum atomic E-state index is 0. The Balaban J connectivity index is 0.00000147. The number of nitrogens with zero attached hydrogens (tertiary/aromatic N) is 2. The maximum atomic E-state index is 12.2. The first-order chi connectivity index (χ1) is 9.25. The molecule has 0 bridgehead atoms. The van der Waals surface area contributed by atoms with Crippen LogP contribution in [0.25, 0.3) is 0 Å². The number of rotatable bonds is 3. The summed E-state index contributed by atoms with van der Waals surface area (Å²) >= 11 is 0. The molecule has 0 spiro atoms. The molecule has 0 aliphatic carbocycles. The lowest BCUT2D eigenvalue weighted by molar-refractivity contribution is -0.518. The number of carbonyl (C=O) groups is 1. The van der Waals surface area contributed by atoms with Gasteiger partial charge in [-0.3, -0.25) is 4.79 Å². The highest BCUT2D eigenvalue weighted by atomic mass is 79.9. The van der Waals surface area contributed by atoms with Crippen LogP contribution in [0, 0.1) is 0 Å². The maximum Gasteiger partial charge on any atom is 0.227 e. The zero-order valence-electron chi connectivity index (χ0n) is 11.4.